The van der Waals surface area contributed by atoms with Crippen LogP contribution in [-0.4, -0.2) is 12.1 Å². The van der Waals surface area contributed by atoms with Gasteiger partial charge < -0.3 is 5.73 Å². The van der Waals surface area contributed by atoms with Gasteiger partial charge in [0.25, 0.3) is 10.8 Å². The first-order valence-corrected chi connectivity index (χ1v) is 7.48. The van der Waals surface area contributed by atoms with E-state index >= 15 is 0 Å². The molecule has 0 unspecified atom stereocenters. The fourth-order valence-corrected chi connectivity index (χ4v) is 2.55. The van der Waals surface area contributed by atoms with Crippen molar-refractivity contribution in [1.29, 1.82) is 0 Å². The molecule has 1 aliphatic carbocycles. The summed E-state index contributed by atoms with van der Waals surface area (Å²) in [6.45, 7) is 0. The first-order valence-electron chi connectivity index (χ1n) is 6.34. The first kappa shape index (κ1) is 16.1. The van der Waals surface area contributed by atoms with E-state index in [1.165, 1.54) is 0 Å². The predicted octanol–water partition coefficient (Wildman–Crippen LogP) is 3.12. The van der Waals surface area contributed by atoms with Gasteiger partial charge in [-0.05, 0) is 36.8 Å². The summed E-state index contributed by atoms with van der Waals surface area (Å²) in [5, 5.41) is 4.08. The highest BCUT2D eigenvalue weighted by atomic mass is 35.5. The number of hydrogen-bond acceptors (Lipinski definition) is 3. The van der Waals surface area contributed by atoms with E-state index in [0.717, 1.165) is 19.3 Å². The summed E-state index contributed by atoms with van der Waals surface area (Å²) in [5.74, 6) is -0.207. The van der Waals surface area contributed by atoms with Gasteiger partial charge in [-0.15, -0.1) is 0 Å². The fourth-order valence-electron chi connectivity index (χ4n) is 1.93. The van der Waals surface area contributed by atoms with Gasteiger partial charge in [0.2, 0.25) is 0 Å². The van der Waals surface area contributed by atoms with Crippen molar-refractivity contribution < 1.29 is 9.78 Å². The number of nitrogens with zero attached hydrogens (tertiary/aromatic N) is 1. The third kappa shape index (κ3) is 3.87. The molecule has 21 heavy (non-hydrogen) atoms. The largest absolute Gasteiger partial charge is 0.396 e. The number of carbonyl (C=O) groups is 1. The second kappa shape index (κ2) is 7.11. The Hall–Kier alpha value is -1.30. The Morgan fingerprint density at radius 1 is 1.38 bits per heavy atom. The van der Waals surface area contributed by atoms with Gasteiger partial charge in [-0.3, -0.25) is 4.79 Å². The highest BCUT2D eigenvalue weighted by Crippen LogP contribution is 2.31. The minimum absolute atomic E-state index is 0.0118. The lowest BCUT2D eigenvalue weighted by Gasteiger charge is -2.11. The normalized spacial score (nSPS) is 18.1. The molecule has 0 saturated heterocycles. The van der Waals surface area contributed by atoms with Crippen LogP contribution in [0.4, 0.5) is 5.69 Å². The average molecular weight is 349 g/mol. The number of anilines is 1. The maximum Gasteiger partial charge on any atom is 0.337 e. The van der Waals surface area contributed by atoms with E-state index < -0.39 is 5.91 Å². The summed E-state index contributed by atoms with van der Waals surface area (Å²) >= 11 is 17.6. The standard InChI is InChI=1S/C13H13Cl3N4O/c14-8-10(17)9(15)12(16)19-11(8)13(21)20-18-6-7-4-2-1-3-5-7/h1-2,6-7H,3-5H2,(H2,17,19)(H,20,21)/p+1/b18-6-/t7-/m1/s1. The van der Waals surface area contributed by atoms with Gasteiger partial charge >= 0.3 is 5.91 Å². The summed E-state index contributed by atoms with van der Waals surface area (Å²) in [7, 11) is 0. The number of aromatic amines is 1. The predicted molar refractivity (Wildman–Crippen MR) is 84.9 cm³/mol. The zero-order valence-electron chi connectivity index (χ0n) is 11.0. The number of nitrogens with two attached hydrogens (primary N) is 1. The van der Waals surface area contributed by atoms with Gasteiger partial charge in [-0.1, -0.05) is 35.4 Å². The fraction of sp³-hybridized carbons (Fsp3) is 0.308. The quantitative estimate of drug-likeness (QED) is 0.381. The highest BCUT2D eigenvalue weighted by Gasteiger charge is 2.25. The van der Waals surface area contributed by atoms with Crippen molar-refractivity contribution in [2.45, 2.75) is 19.3 Å². The van der Waals surface area contributed by atoms with Crippen LogP contribution in [0.2, 0.25) is 15.2 Å². The van der Waals surface area contributed by atoms with Crippen LogP contribution in [0.3, 0.4) is 0 Å². The Balaban J connectivity index is 2.07. The molecule has 8 heteroatoms. The van der Waals surface area contributed by atoms with Crippen molar-refractivity contribution in [3.05, 3.63) is 33.0 Å². The molecule has 0 aromatic carbocycles. The maximum absolute atomic E-state index is 12.0. The molecule has 4 N–H and O–H groups in total. The van der Waals surface area contributed by atoms with Crippen LogP contribution >= 0.6 is 34.8 Å². The van der Waals surface area contributed by atoms with Crippen LogP contribution in [0, 0.1) is 5.92 Å². The van der Waals surface area contributed by atoms with Crippen LogP contribution in [0.15, 0.2) is 17.3 Å². The molecular formula is C13H14Cl3N4O+. The minimum Gasteiger partial charge on any atom is -0.396 e. The molecule has 1 amide bonds. The summed E-state index contributed by atoms with van der Waals surface area (Å²) in [6, 6.07) is 0. The number of rotatable bonds is 3. The van der Waals surface area contributed by atoms with Crippen molar-refractivity contribution in [2.24, 2.45) is 11.0 Å². The van der Waals surface area contributed by atoms with Gasteiger partial charge in [0.1, 0.15) is 10.0 Å². The molecule has 1 atom stereocenters. The van der Waals surface area contributed by atoms with Crippen molar-refractivity contribution in [3.8, 4) is 0 Å². The Bertz CT molecular complexity index is 616. The zero-order chi connectivity index (χ0) is 15.4. The molecule has 0 fully saturated rings. The van der Waals surface area contributed by atoms with E-state index in [9.17, 15) is 4.79 Å². The SMILES string of the molecule is Nc1c(Cl)c(Cl)[nH+]c(C(=O)N/N=C\[C@@H]2CC=CCC2)c1Cl. The number of H-pyrrole nitrogens is 1. The van der Waals surface area contributed by atoms with Gasteiger partial charge in [0.15, 0.2) is 0 Å². The second-order valence-corrected chi connectivity index (χ2v) is 5.75. The van der Waals surface area contributed by atoms with Crippen LogP contribution in [0.5, 0.6) is 0 Å². The van der Waals surface area contributed by atoms with E-state index in [1.54, 1.807) is 6.21 Å². The lowest BCUT2D eigenvalue weighted by atomic mass is 9.96. The third-order valence-corrected chi connectivity index (χ3v) is 4.27. The van der Waals surface area contributed by atoms with E-state index in [4.69, 9.17) is 40.5 Å². The van der Waals surface area contributed by atoms with Crippen molar-refractivity contribution >= 4 is 52.6 Å². The number of hydrogen-bond donors (Lipinski definition) is 2. The molecule has 0 aliphatic heterocycles. The monoisotopic (exact) mass is 347 g/mol. The Morgan fingerprint density at radius 2 is 2.14 bits per heavy atom. The molecular weight excluding hydrogens is 335 g/mol. The summed E-state index contributed by atoms with van der Waals surface area (Å²) < 4.78 is 0. The highest BCUT2D eigenvalue weighted by molar-refractivity contribution is 6.45. The Morgan fingerprint density at radius 3 is 2.81 bits per heavy atom. The molecule has 0 bridgehead atoms. The second-order valence-electron chi connectivity index (χ2n) is 4.62. The molecule has 2 rings (SSSR count). The van der Waals surface area contributed by atoms with Gasteiger partial charge in [0.05, 0.1) is 5.69 Å². The summed E-state index contributed by atoms with van der Waals surface area (Å²) in [4.78, 5) is 14.6. The number of amides is 1. The van der Waals surface area contributed by atoms with Crippen molar-refractivity contribution in [1.82, 2.24) is 5.43 Å². The van der Waals surface area contributed by atoms with E-state index in [1.807, 2.05) is 0 Å². The number of aromatic nitrogens is 1. The van der Waals surface area contributed by atoms with Gasteiger partial charge in [-0.25, -0.2) is 5.43 Å². The number of pyridine rings is 1. The molecule has 0 saturated carbocycles. The Labute approximate surface area is 137 Å². The first-order chi connectivity index (χ1) is 10.0. The molecule has 0 radical (unpaired) electrons. The smallest absolute Gasteiger partial charge is 0.337 e. The van der Waals surface area contributed by atoms with E-state index in [2.05, 4.69) is 27.7 Å². The molecule has 1 aromatic heterocycles. The van der Waals surface area contributed by atoms with Gasteiger partial charge in [-0.2, -0.15) is 10.1 Å². The van der Waals surface area contributed by atoms with Crippen LogP contribution < -0.4 is 16.1 Å². The van der Waals surface area contributed by atoms with Crippen LogP contribution in [-0.2, 0) is 0 Å². The Kier molecular flexibility index (Phi) is 5.45. The summed E-state index contributed by atoms with van der Waals surface area (Å²) in [6.07, 6.45) is 8.92. The lowest BCUT2D eigenvalue weighted by molar-refractivity contribution is -0.379. The van der Waals surface area contributed by atoms with E-state index in [0.29, 0.717) is 5.92 Å². The summed E-state index contributed by atoms with van der Waals surface area (Å²) in [5.41, 5.74) is 8.13. The maximum atomic E-state index is 12.0. The van der Waals surface area contributed by atoms with Gasteiger partial charge in [0, 0.05) is 6.21 Å². The lowest BCUT2D eigenvalue weighted by Crippen LogP contribution is -2.28. The number of carbonyl (C=O) groups excluding carboxylic acids is 1. The number of allylic oxidation sites excluding steroid dienone is 2. The number of hydrazone groups is 1. The van der Waals surface area contributed by atoms with Crippen LogP contribution in [0.1, 0.15) is 29.8 Å². The molecule has 1 aromatic rings. The van der Waals surface area contributed by atoms with E-state index in [-0.39, 0.29) is 26.6 Å². The number of nitrogens with one attached hydrogen (secondary N) is 2. The average Bonchev–Trinajstić information content (AvgIpc) is 2.49. The molecule has 1 aliphatic rings. The zero-order valence-corrected chi connectivity index (χ0v) is 13.3. The molecule has 0 spiro atoms. The molecule has 1 heterocycles. The topological polar surface area (TPSA) is 81.6 Å². The van der Waals surface area contributed by atoms with Crippen LogP contribution in [0.25, 0.3) is 0 Å². The van der Waals surface area contributed by atoms with Crippen molar-refractivity contribution in [3.63, 3.8) is 0 Å². The molecule has 5 nitrogen and oxygen atoms in total. The number of nitrogen functional groups attached to an aromatic ring is 1. The minimum atomic E-state index is -0.534. The molecule has 112 valence electrons. The number of halogens is 3. The third-order valence-electron chi connectivity index (χ3n) is 3.11. The van der Waals surface area contributed by atoms with Crippen molar-refractivity contribution in [2.75, 3.05) is 5.73 Å².